The molecule has 0 aliphatic heterocycles. The molecule has 0 bridgehead atoms. The van der Waals surface area contributed by atoms with Gasteiger partial charge in [-0.2, -0.15) is 5.26 Å². The van der Waals surface area contributed by atoms with Crippen LogP contribution in [0.2, 0.25) is 0 Å². The summed E-state index contributed by atoms with van der Waals surface area (Å²) in [7, 11) is 1.84. The summed E-state index contributed by atoms with van der Waals surface area (Å²) in [4.78, 5) is 3.95. The highest BCUT2D eigenvalue weighted by molar-refractivity contribution is 5.36. The molecular formula is C9H11N3O. The molecule has 1 rings (SSSR count). The van der Waals surface area contributed by atoms with E-state index in [-0.39, 0.29) is 0 Å². The fraction of sp³-hybridized carbons (Fsp3) is 0.333. The van der Waals surface area contributed by atoms with E-state index in [0.29, 0.717) is 18.1 Å². The highest BCUT2D eigenvalue weighted by atomic mass is 16.5. The van der Waals surface area contributed by atoms with Gasteiger partial charge in [0.1, 0.15) is 18.2 Å². The van der Waals surface area contributed by atoms with Gasteiger partial charge in [0.05, 0.1) is 0 Å². The molecule has 0 saturated heterocycles. The summed E-state index contributed by atoms with van der Waals surface area (Å²) in [6.45, 7) is 1.25. The van der Waals surface area contributed by atoms with E-state index < -0.39 is 0 Å². The molecule has 1 aromatic rings. The molecule has 0 spiro atoms. The van der Waals surface area contributed by atoms with Crippen molar-refractivity contribution in [2.45, 2.75) is 0 Å². The van der Waals surface area contributed by atoms with Crippen LogP contribution in [0, 0.1) is 11.3 Å². The Morgan fingerprint density at radius 1 is 1.69 bits per heavy atom. The van der Waals surface area contributed by atoms with Gasteiger partial charge in [-0.05, 0) is 19.2 Å². The summed E-state index contributed by atoms with van der Waals surface area (Å²) in [6.07, 6.45) is 1.61. The second-order valence-corrected chi connectivity index (χ2v) is 2.42. The van der Waals surface area contributed by atoms with E-state index in [2.05, 4.69) is 10.3 Å². The highest BCUT2D eigenvalue weighted by Crippen LogP contribution is 2.11. The van der Waals surface area contributed by atoms with Gasteiger partial charge in [0, 0.05) is 12.7 Å². The zero-order valence-electron chi connectivity index (χ0n) is 7.45. The number of rotatable bonds is 4. The first-order valence-corrected chi connectivity index (χ1v) is 4.01. The Hall–Kier alpha value is -1.60. The molecule has 1 aromatic heterocycles. The van der Waals surface area contributed by atoms with Crippen molar-refractivity contribution in [1.82, 2.24) is 10.3 Å². The van der Waals surface area contributed by atoms with Gasteiger partial charge in [0.25, 0.3) is 0 Å². The van der Waals surface area contributed by atoms with Crippen molar-refractivity contribution in [2.24, 2.45) is 0 Å². The lowest BCUT2D eigenvalue weighted by Gasteiger charge is -2.04. The number of nitrogens with zero attached hydrogens (tertiary/aromatic N) is 2. The van der Waals surface area contributed by atoms with Gasteiger partial charge in [0.2, 0.25) is 5.88 Å². The number of hydrogen-bond donors (Lipinski definition) is 1. The fourth-order valence-corrected chi connectivity index (χ4v) is 0.841. The van der Waals surface area contributed by atoms with E-state index in [1.807, 2.05) is 13.1 Å². The minimum absolute atomic E-state index is 0.403. The van der Waals surface area contributed by atoms with Crippen LogP contribution in [0.3, 0.4) is 0 Å². The summed E-state index contributed by atoms with van der Waals surface area (Å²) < 4.78 is 5.27. The average molecular weight is 177 g/mol. The number of nitriles is 1. The second kappa shape index (κ2) is 5.12. The molecule has 68 valence electrons. The third-order valence-electron chi connectivity index (χ3n) is 1.48. The molecule has 1 N–H and O–H groups in total. The molecule has 0 aromatic carbocycles. The number of ether oxygens (including phenoxy) is 1. The van der Waals surface area contributed by atoms with Crippen molar-refractivity contribution in [2.75, 3.05) is 20.2 Å². The van der Waals surface area contributed by atoms with Gasteiger partial charge in [-0.1, -0.05) is 0 Å². The van der Waals surface area contributed by atoms with Gasteiger partial charge in [-0.25, -0.2) is 4.98 Å². The summed E-state index contributed by atoms with van der Waals surface area (Å²) in [5.41, 5.74) is 0.471. The Balaban J connectivity index is 2.60. The molecule has 0 aliphatic carbocycles. The zero-order chi connectivity index (χ0) is 9.52. The molecule has 0 fully saturated rings. The van der Waals surface area contributed by atoms with Crippen LogP contribution >= 0.6 is 0 Å². The maximum Gasteiger partial charge on any atom is 0.231 e. The van der Waals surface area contributed by atoms with Crippen LogP contribution in [-0.2, 0) is 0 Å². The third kappa shape index (κ3) is 2.73. The summed E-state index contributed by atoms with van der Waals surface area (Å²) in [6, 6.07) is 5.41. The molecule has 0 saturated carbocycles. The SMILES string of the molecule is CNCCOc1ncccc1C#N. The lowest BCUT2D eigenvalue weighted by atomic mass is 10.3. The van der Waals surface area contributed by atoms with E-state index in [0.717, 1.165) is 6.54 Å². The smallest absolute Gasteiger partial charge is 0.231 e. The van der Waals surface area contributed by atoms with Crippen molar-refractivity contribution in [1.29, 1.82) is 5.26 Å². The van der Waals surface area contributed by atoms with Crippen molar-refractivity contribution in [3.05, 3.63) is 23.9 Å². The molecule has 13 heavy (non-hydrogen) atoms. The highest BCUT2D eigenvalue weighted by Gasteiger charge is 2.01. The number of hydrogen-bond acceptors (Lipinski definition) is 4. The summed E-state index contributed by atoms with van der Waals surface area (Å²) >= 11 is 0. The average Bonchev–Trinajstić information content (AvgIpc) is 2.19. The van der Waals surface area contributed by atoms with Crippen LogP contribution in [0.5, 0.6) is 5.88 Å². The zero-order valence-corrected chi connectivity index (χ0v) is 7.45. The molecule has 4 heteroatoms. The molecule has 0 amide bonds. The summed E-state index contributed by atoms with van der Waals surface area (Å²) in [5.74, 6) is 0.403. The van der Waals surface area contributed by atoms with Crippen molar-refractivity contribution >= 4 is 0 Å². The first-order valence-electron chi connectivity index (χ1n) is 4.01. The van der Waals surface area contributed by atoms with Crippen LogP contribution in [0.25, 0.3) is 0 Å². The Labute approximate surface area is 77.2 Å². The quantitative estimate of drug-likeness (QED) is 0.682. The lowest BCUT2D eigenvalue weighted by molar-refractivity contribution is 0.305. The number of likely N-dealkylation sites (N-methyl/N-ethyl adjacent to an activating group) is 1. The van der Waals surface area contributed by atoms with Crippen molar-refractivity contribution in [3.63, 3.8) is 0 Å². The van der Waals surface area contributed by atoms with Gasteiger partial charge in [0.15, 0.2) is 0 Å². The number of pyridine rings is 1. The van der Waals surface area contributed by atoms with Gasteiger partial charge < -0.3 is 10.1 Å². The first-order chi connectivity index (χ1) is 6.38. The molecule has 4 nitrogen and oxygen atoms in total. The fourth-order valence-electron chi connectivity index (χ4n) is 0.841. The van der Waals surface area contributed by atoms with Crippen molar-refractivity contribution in [3.8, 4) is 11.9 Å². The minimum atomic E-state index is 0.403. The van der Waals surface area contributed by atoms with Crippen LogP contribution in [0.1, 0.15) is 5.56 Å². The second-order valence-electron chi connectivity index (χ2n) is 2.42. The lowest BCUT2D eigenvalue weighted by Crippen LogP contribution is -2.16. The van der Waals surface area contributed by atoms with Gasteiger partial charge >= 0.3 is 0 Å². The largest absolute Gasteiger partial charge is 0.475 e. The first kappa shape index (κ1) is 9.49. The molecule has 0 radical (unpaired) electrons. The van der Waals surface area contributed by atoms with Gasteiger partial charge in [-0.3, -0.25) is 0 Å². The van der Waals surface area contributed by atoms with E-state index in [9.17, 15) is 0 Å². The molecular weight excluding hydrogens is 166 g/mol. The third-order valence-corrected chi connectivity index (χ3v) is 1.48. The molecule has 0 atom stereocenters. The summed E-state index contributed by atoms with van der Waals surface area (Å²) in [5, 5.41) is 11.6. The van der Waals surface area contributed by atoms with Crippen LogP contribution in [0.15, 0.2) is 18.3 Å². The molecule has 0 unspecified atom stereocenters. The maximum atomic E-state index is 8.69. The Morgan fingerprint density at radius 3 is 3.23 bits per heavy atom. The predicted octanol–water partition coefficient (Wildman–Crippen LogP) is 0.551. The Morgan fingerprint density at radius 2 is 2.54 bits per heavy atom. The van der Waals surface area contributed by atoms with E-state index in [4.69, 9.17) is 10.00 Å². The van der Waals surface area contributed by atoms with Crippen molar-refractivity contribution < 1.29 is 4.74 Å². The van der Waals surface area contributed by atoms with E-state index in [1.165, 1.54) is 0 Å². The van der Waals surface area contributed by atoms with Crippen LogP contribution < -0.4 is 10.1 Å². The maximum absolute atomic E-state index is 8.69. The Bertz CT molecular complexity index is 306. The standard InChI is InChI=1S/C9H11N3O/c1-11-5-6-13-9-8(7-10)3-2-4-12-9/h2-4,11H,5-6H2,1H3. The molecule has 1 heterocycles. The monoisotopic (exact) mass is 177 g/mol. The van der Waals surface area contributed by atoms with Crippen LogP contribution in [-0.4, -0.2) is 25.2 Å². The topological polar surface area (TPSA) is 57.9 Å². The van der Waals surface area contributed by atoms with E-state index >= 15 is 0 Å². The number of aromatic nitrogens is 1. The Kier molecular flexibility index (Phi) is 3.74. The predicted molar refractivity (Wildman–Crippen MR) is 48.4 cm³/mol. The van der Waals surface area contributed by atoms with Gasteiger partial charge in [-0.15, -0.1) is 0 Å². The normalized spacial score (nSPS) is 9.23. The van der Waals surface area contributed by atoms with E-state index in [1.54, 1.807) is 18.3 Å². The molecule has 0 aliphatic rings. The number of nitrogens with one attached hydrogen (secondary N) is 1. The van der Waals surface area contributed by atoms with Crippen LogP contribution in [0.4, 0.5) is 0 Å². The minimum Gasteiger partial charge on any atom is -0.475 e.